The van der Waals surface area contributed by atoms with Gasteiger partial charge in [0.1, 0.15) is 11.3 Å². The Balaban J connectivity index is 2.08. The van der Waals surface area contributed by atoms with Gasteiger partial charge in [-0.1, -0.05) is 0 Å². The second-order valence-corrected chi connectivity index (χ2v) is 7.03. The van der Waals surface area contributed by atoms with Crippen LogP contribution in [0.25, 0.3) is 11.2 Å². The second-order valence-electron chi connectivity index (χ2n) is 5.23. The van der Waals surface area contributed by atoms with E-state index in [9.17, 15) is 0 Å². The summed E-state index contributed by atoms with van der Waals surface area (Å²) in [7, 11) is 0. The van der Waals surface area contributed by atoms with Gasteiger partial charge in [-0.3, -0.25) is 0 Å². The lowest BCUT2D eigenvalue weighted by Crippen LogP contribution is -2.13. The molecule has 0 aliphatic carbocycles. The Morgan fingerprint density at radius 2 is 2.42 bits per heavy atom. The van der Waals surface area contributed by atoms with Crippen molar-refractivity contribution in [2.45, 2.75) is 32.2 Å². The zero-order valence-corrected chi connectivity index (χ0v) is 12.8. The normalized spacial score (nSPS) is 21.1. The minimum absolute atomic E-state index is 0.0809. The number of rotatable bonds is 3. The largest absolute Gasteiger partial charge is 0.311 e. The molecule has 0 spiro atoms. The SMILES string of the molecule is Cc1ccnc2c1nc(C(C)Cl)n2CC1CCSC1. The number of halogens is 1. The van der Waals surface area contributed by atoms with Crippen LogP contribution in [0.5, 0.6) is 0 Å². The van der Waals surface area contributed by atoms with E-state index in [1.165, 1.54) is 23.5 Å². The van der Waals surface area contributed by atoms with E-state index in [0.717, 1.165) is 29.5 Å². The molecule has 0 amide bonds. The van der Waals surface area contributed by atoms with Crippen LogP contribution in [0.4, 0.5) is 0 Å². The van der Waals surface area contributed by atoms with Crippen molar-refractivity contribution in [3.63, 3.8) is 0 Å². The Labute approximate surface area is 122 Å². The molecule has 0 bridgehead atoms. The summed E-state index contributed by atoms with van der Waals surface area (Å²) in [4.78, 5) is 9.24. The van der Waals surface area contributed by atoms with Crippen LogP contribution in [0.1, 0.15) is 30.1 Å². The highest BCUT2D eigenvalue weighted by Gasteiger charge is 2.22. The van der Waals surface area contributed by atoms with Crippen LogP contribution < -0.4 is 0 Å². The van der Waals surface area contributed by atoms with E-state index in [0.29, 0.717) is 0 Å². The minimum atomic E-state index is -0.0809. The second kappa shape index (κ2) is 5.33. The third-order valence-electron chi connectivity index (χ3n) is 3.69. The van der Waals surface area contributed by atoms with E-state index >= 15 is 0 Å². The van der Waals surface area contributed by atoms with Gasteiger partial charge in [0.15, 0.2) is 5.65 Å². The summed E-state index contributed by atoms with van der Waals surface area (Å²) in [6, 6.07) is 2.01. The fourth-order valence-corrected chi connectivity index (χ4v) is 4.06. The summed E-state index contributed by atoms with van der Waals surface area (Å²) in [5.41, 5.74) is 3.15. The number of hydrogen-bond donors (Lipinski definition) is 0. The van der Waals surface area contributed by atoms with Crippen molar-refractivity contribution in [1.29, 1.82) is 0 Å². The molecule has 2 atom stereocenters. The highest BCUT2D eigenvalue weighted by molar-refractivity contribution is 7.99. The Hall–Kier alpha value is -0.740. The summed E-state index contributed by atoms with van der Waals surface area (Å²) in [5.74, 6) is 4.19. The standard InChI is InChI=1S/C14H18ClN3S/c1-9-3-5-16-14-12(9)17-13(10(2)15)18(14)7-11-4-6-19-8-11/h3,5,10-11H,4,6-8H2,1-2H3. The van der Waals surface area contributed by atoms with Crippen LogP contribution in [-0.4, -0.2) is 26.0 Å². The van der Waals surface area contributed by atoms with Crippen LogP contribution in [0.15, 0.2) is 12.3 Å². The smallest absolute Gasteiger partial charge is 0.160 e. The van der Waals surface area contributed by atoms with E-state index < -0.39 is 0 Å². The highest BCUT2D eigenvalue weighted by atomic mass is 35.5. The number of pyridine rings is 1. The molecule has 102 valence electrons. The van der Waals surface area contributed by atoms with Gasteiger partial charge in [0.25, 0.3) is 0 Å². The molecule has 19 heavy (non-hydrogen) atoms. The third kappa shape index (κ3) is 2.48. The fourth-order valence-electron chi connectivity index (χ4n) is 2.62. The van der Waals surface area contributed by atoms with Gasteiger partial charge in [-0.2, -0.15) is 11.8 Å². The molecule has 5 heteroatoms. The molecule has 0 aromatic carbocycles. The Bertz CT molecular complexity index is 588. The van der Waals surface area contributed by atoms with E-state index in [1.807, 2.05) is 30.9 Å². The van der Waals surface area contributed by atoms with Gasteiger partial charge in [0.05, 0.1) is 5.38 Å². The van der Waals surface area contributed by atoms with Gasteiger partial charge in [-0.15, -0.1) is 11.6 Å². The van der Waals surface area contributed by atoms with Gasteiger partial charge in [0, 0.05) is 12.7 Å². The maximum atomic E-state index is 6.30. The van der Waals surface area contributed by atoms with Gasteiger partial charge in [-0.05, 0) is 49.3 Å². The molecule has 0 saturated carbocycles. The number of thioether (sulfide) groups is 1. The van der Waals surface area contributed by atoms with Gasteiger partial charge < -0.3 is 4.57 Å². The number of aromatic nitrogens is 3. The number of alkyl halides is 1. The van der Waals surface area contributed by atoms with Gasteiger partial charge in [-0.25, -0.2) is 9.97 Å². The predicted molar refractivity (Wildman–Crippen MR) is 82.0 cm³/mol. The average molecular weight is 296 g/mol. The van der Waals surface area contributed by atoms with Crippen LogP contribution in [0.2, 0.25) is 0 Å². The average Bonchev–Trinajstić information content (AvgIpc) is 2.99. The first-order chi connectivity index (χ1) is 9.16. The lowest BCUT2D eigenvalue weighted by molar-refractivity contribution is 0.486. The maximum absolute atomic E-state index is 6.30. The monoisotopic (exact) mass is 295 g/mol. The summed E-state index contributed by atoms with van der Waals surface area (Å²) in [6.07, 6.45) is 3.15. The Morgan fingerprint density at radius 1 is 1.58 bits per heavy atom. The molecule has 3 rings (SSSR count). The number of imidazole rings is 1. The molecular weight excluding hydrogens is 278 g/mol. The zero-order chi connectivity index (χ0) is 13.4. The summed E-state index contributed by atoms with van der Waals surface area (Å²) in [6.45, 7) is 5.06. The molecule has 1 aliphatic heterocycles. The van der Waals surface area contributed by atoms with Gasteiger partial charge in [0.2, 0.25) is 0 Å². The molecule has 3 nitrogen and oxygen atoms in total. The number of fused-ring (bicyclic) bond motifs is 1. The number of nitrogens with zero attached hydrogens (tertiary/aromatic N) is 3. The predicted octanol–water partition coefficient (Wildman–Crippen LogP) is 3.79. The minimum Gasteiger partial charge on any atom is -0.311 e. The van der Waals surface area contributed by atoms with E-state index in [-0.39, 0.29) is 5.38 Å². The van der Waals surface area contributed by atoms with Crippen molar-refractivity contribution in [3.05, 3.63) is 23.7 Å². The van der Waals surface area contributed by atoms with Crippen molar-refractivity contribution < 1.29 is 0 Å². The van der Waals surface area contributed by atoms with Crippen LogP contribution in [0, 0.1) is 12.8 Å². The molecule has 2 aromatic heterocycles. The lowest BCUT2D eigenvalue weighted by atomic mass is 10.1. The summed E-state index contributed by atoms with van der Waals surface area (Å²) < 4.78 is 2.23. The highest BCUT2D eigenvalue weighted by Crippen LogP contribution is 2.30. The molecular formula is C14H18ClN3S. The first-order valence-electron chi connectivity index (χ1n) is 6.70. The molecule has 2 aromatic rings. The van der Waals surface area contributed by atoms with Crippen molar-refractivity contribution in [1.82, 2.24) is 14.5 Å². The van der Waals surface area contributed by atoms with Crippen LogP contribution in [0.3, 0.4) is 0 Å². The topological polar surface area (TPSA) is 30.7 Å². The molecule has 1 fully saturated rings. The maximum Gasteiger partial charge on any atom is 0.160 e. The van der Waals surface area contributed by atoms with Crippen molar-refractivity contribution >= 4 is 34.5 Å². The number of aryl methyl sites for hydroxylation is 1. The summed E-state index contributed by atoms with van der Waals surface area (Å²) in [5, 5.41) is -0.0809. The van der Waals surface area contributed by atoms with E-state index in [4.69, 9.17) is 16.6 Å². The molecule has 1 aliphatic rings. The zero-order valence-electron chi connectivity index (χ0n) is 11.3. The fraction of sp³-hybridized carbons (Fsp3) is 0.571. The van der Waals surface area contributed by atoms with Gasteiger partial charge >= 0.3 is 0 Å². The molecule has 0 radical (unpaired) electrons. The van der Waals surface area contributed by atoms with Crippen molar-refractivity contribution in [2.24, 2.45) is 5.92 Å². The first-order valence-corrected chi connectivity index (χ1v) is 8.29. The first kappa shape index (κ1) is 13.3. The van der Waals surface area contributed by atoms with Crippen LogP contribution in [-0.2, 0) is 6.54 Å². The Morgan fingerprint density at radius 3 is 3.11 bits per heavy atom. The molecule has 3 heterocycles. The third-order valence-corrected chi connectivity index (χ3v) is 5.11. The lowest BCUT2D eigenvalue weighted by Gasteiger charge is -2.14. The molecule has 0 N–H and O–H groups in total. The molecule has 1 saturated heterocycles. The van der Waals surface area contributed by atoms with Crippen molar-refractivity contribution in [2.75, 3.05) is 11.5 Å². The van der Waals surface area contributed by atoms with Crippen molar-refractivity contribution in [3.8, 4) is 0 Å². The summed E-state index contributed by atoms with van der Waals surface area (Å²) >= 11 is 8.34. The quantitative estimate of drug-likeness (QED) is 0.807. The number of hydrogen-bond acceptors (Lipinski definition) is 3. The Kier molecular flexibility index (Phi) is 3.72. The molecule has 2 unspecified atom stereocenters. The van der Waals surface area contributed by atoms with E-state index in [1.54, 1.807) is 0 Å². The van der Waals surface area contributed by atoms with Crippen LogP contribution >= 0.6 is 23.4 Å². The van der Waals surface area contributed by atoms with E-state index in [2.05, 4.69) is 16.5 Å².